The van der Waals surface area contributed by atoms with E-state index in [1.807, 2.05) is 24.3 Å². The van der Waals surface area contributed by atoms with E-state index < -0.39 is 12.1 Å². The fourth-order valence-electron chi connectivity index (χ4n) is 2.12. The third-order valence-electron chi connectivity index (χ3n) is 3.41. The minimum Gasteiger partial charge on any atom is -0.493 e. The van der Waals surface area contributed by atoms with Gasteiger partial charge in [-0.2, -0.15) is 5.26 Å². The van der Waals surface area contributed by atoms with Gasteiger partial charge in [0.15, 0.2) is 17.6 Å². The van der Waals surface area contributed by atoms with Gasteiger partial charge in [0.2, 0.25) is 0 Å². The Morgan fingerprint density at radius 1 is 1.28 bits per heavy atom. The number of allylic oxidation sites excluding steroid dienone is 1. The number of hydrogen-bond donors (Lipinski definition) is 1. The van der Waals surface area contributed by atoms with E-state index in [0.717, 1.165) is 15.6 Å². The Bertz CT molecular complexity index is 855. The number of carbonyl (C=O) groups is 1. The van der Waals surface area contributed by atoms with Gasteiger partial charge in [-0.25, -0.2) is 4.79 Å². The third kappa shape index (κ3) is 4.85. The average molecular weight is 402 g/mol. The number of halogens is 1. The average Bonchev–Trinajstić information content (AvgIpc) is 2.60. The van der Waals surface area contributed by atoms with Crippen molar-refractivity contribution in [3.8, 4) is 17.6 Å². The number of hydrogen-bond acceptors (Lipinski definition) is 4. The molecule has 128 valence electrons. The molecule has 0 fully saturated rings. The number of rotatable bonds is 6. The van der Waals surface area contributed by atoms with E-state index in [1.54, 1.807) is 24.3 Å². The van der Waals surface area contributed by atoms with Crippen molar-refractivity contribution in [3.63, 3.8) is 0 Å². The van der Waals surface area contributed by atoms with Crippen LogP contribution in [0.5, 0.6) is 11.5 Å². The molecule has 5 nitrogen and oxygen atoms in total. The Kier molecular flexibility index (Phi) is 6.20. The molecule has 1 atom stereocenters. The summed E-state index contributed by atoms with van der Waals surface area (Å²) >= 11 is 3.39. The Hall–Kier alpha value is -2.78. The number of ether oxygens (including phenoxy) is 2. The molecule has 0 aliphatic rings. The van der Waals surface area contributed by atoms with E-state index in [1.165, 1.54) is 14.0 Å². The van der Waals surface area contributed by atoms with Crippen LogP contribution in [0.1, 0.15) is 18.1 Å². The molecule has 2 aromatic carbocycles. The molecule has 0 radical (unpaired) electrons. The minimum atomic E-state index is -1.06. The van der Waals surface area contributed by atoms with Crippen LogP contribution < -0.4 is 9.47 Å². The van der Waals surface area contributed by atoms with E-state index in [4.69, 9.17) is 14.6 Å². The zero-order valence-electron chi connectivity index (χ0n) is 13.7. The zero-order chi connectivity index (χ0) is 18.4. The molecule has 1 N–H and O–H groups in total. The van der Waals surface area contributed by atoms with Crippen molar-refractivity contribution in [2.75, 3.05) is 7.11 Å². The Morgan fingerprint density at radius 3 is 2.64 bits per heavy atom. The van der Waals surface area contributed by atoms with Crippen LogP contribution in [0.25, 0.3) is 11.6 Å². The summed E-state index contributed by atoms with van der Waals surface area (Å²) < 4.78 is 11.5. The molecule has 0 aromatic heterocycles. The molecular weight excluding hydrogens is 386 g/mol. The molecule has 0 bridgehead atoms. The van der Waals surface area contributed by atoms with Gasteiger partial charge in [0.05, 0.1) is 18.8 Å². The summed E-state index contributed by atoms with van der Waals surface area (Å²) in [7, 11) is 1.47. The van der Waals surface area contributed by atoms with E-state index in [9.17, 15) is 10.1 Å². The lowest BCUT2D eigenvalue weighted by Gasteiger charge is -2.14. The van der Waals surface area contributed by atoms with Gasteiger partial charge in [-0.1, -0.05) is 34.1 Å². The highest BCUT2D eigenvalue weighted by Gasteiger charge is 2.15. The molecule has 0 saturated carbocycles. The summed E-state index contributed by atoms with van der Waals surface area (Å²) in [5, 5.41) is 18.4. The molecule has 0 spiro atoms. The summed E-state index contributed by atoms with van der Waals surface area (Å²) in [5.74, 6) is -0.337. The largest absolute Gasteiger partial charge is 0.493 e. The number of aliphatic carboxylic acids is 1. The van der Waals surface area contributed by atoms with Crippen molar-refractivity contribution in [2.45, 2.75) is 13.0 Å². The van der Waals surface area contributed by atoms with Gasteiger partial charge in [0, 0.05) is 4.47 Å². The Morgan fingerprint density at radius 2 is 2.04 bits per heavy atom. The summed E-state index contributed by atoms with van der Waals surface area (Å²) in [4.78, 5) is 10.9. The first-order chi connectivity index (χ1) is 11.9. The number of carboxylic acid groups (broad SMARTS) is 1. The number of nitrogens with zero attached hydrogens (tertiary/aromatic N) is 1. The SMILES string of the molecule is COc1cc(/C=C(/C#N)c2cccc(Br)c2)ccc1O[C@@H](C)C(=O)O. The van der Waals surface area contributed by atoms with Gasteiger partial charge < -0.3 is 14.6 Å². The van der Waals surface area contributed by atoms with Crippen molar-refractivity contribution < 1.29 is 19.4 Å². The Labute approximate surface area is 154 Å². The van der Waals surface area contributed by atoms with E-state index >= 15 is 0 Å². The first kappa shape index (κ1) is 18.6. The standard InChI is InChI=1S/C19H16BrNO4/c1-12(19(22)23)25-17-7-6-13(9-18(17)24-2)8-15(11-21)14-4-3-5-16(20)10-14/h3-10,12H,1-2H3,(H,22,23)/b15-8-/t12-/m0/s1. The first-order valence-corrected chi connectivity index (χ1v) is 8.19. The van der Waals surface area contributed by atoms with Crippen molar-refractivity contribution in [2.24, 2.45) is 0 Å². The number of nitriles is 1. The Balaban J connectivity index is 2.36. The van der Waals surface area contributed by atoms with Crippen LogP contribution in [0.4, 0.5) is 0 Å². The van der Waals surface area contributed by atoms with Crippen molar-refractivity contribution in [1.82, 2.24) is 0 Å². The predicted molar refractivity (Wildman–Crippen MR) is 98.3 cm³/mol. The van der Waals surface area contributed by atoms with E-state index in [0.29, 0.717) is 17.1 Å². The van der Waals surface area contributed by atoms with Crippen molar-refractivity contribution in [1.29, 1.82) is 5.26 Å². The van der Waals surface area contributed by atoms with Gasteiger partial charge in [-0.3, -0.25) is 0 Å². The van der Waals surface area contributed by atoms with Crippen molar-refractivity contribution >= 4 is 33.5 Å². The van der Waals surface area contributed by atoms with E-state index in [2.05, 4.69) is 22.0 Å². The molecule has 2 rings (SSSR count). The lowest BCUT2D eigenvalue weighted by atomic mass is 10.0. The lowest BCUT2D eigenvalue weighted by Crippen LogP contribution is -2.23. The van der Waals surface area contributed by atoms with Gasteiger partial charge >= 0.3 is 5.97 Å². The summed E-state index contributed by atoms with van der Waals surface area (Å²) in [6.45, 7) is 1.44. The normalized spacial score (nSPS) is 12.2. The molecular formula is C19H16BrNO4. The highest BCUT2D eigenvalue weighted by atomic mass is 79.9. The molecule has 0 saturated heterocycles. The van der Waals surface area contributed by atoms with E-state index in [-0.39, 0.29) is 0 Å². The molecule has 25 heavy (non-hydrogen) atoms. The quantitative estimate of drug-likeness (QED) is 0.573. The van der Waals surface area contributed by atoms with Crippen LogP contribution >= 0.6 is 15.9 Å². The van der Waals surface area contributed by atoms with Gasteiger partial charge in [0.25, 0.3) is 0 Å². The minimum absolute atomic E-state index is 0.329. The first-order valence-electron chi connectivity index (χ1n) is 7.40. The summed E-state index contributed by atoms with van der Waals surface area (Å²) in [5.41, 5.74) is 2.02. The molecule has 2 aromatic rings. The fourth-order valence-corrected chi connectivity index (χ4v) is 2.51. The molecule has 0 aliphatic heterocycles. The van der Waals surface area contributed by atoms with Crippen LogP contribution in [0, 0.1) is 11.3 Å². The molecule has 0 aliphatic carbocycles. The number of methoxy groups -OCH3 is 1. The van der Waals surface area contributed by atoms with Crippen LogP contribution in [0.2, 0.25) is 0 Å². The van der Waals surface area contributed by atoms with Gasteiger partial charge in [-0.15, -0.1) is 0 Å². The van der Waals surface area contributed by atoms with Gasteiger partial charge in [0.1, 0.15) is 0 Å². The number of benzene rings is 2. The maximum absolute atomic E-state index is 10.9. The van der Waals surface area contributed by atoms with Crippen LogP contribution in [-0.2, 0) is 4.79 Å². The fraction of sp³-hybridized carbons (Fsp3) is 0.158. The van der Waals surface area contributed by atoms with Crippen molar-refractivity contribution in [3.05, 3.63) is 58.1 Å². The number of carboxylic acids is 1. The van der Waals surface area contributed by atoms with Gasteiger partial charge in [-0.05, 0) is 48.4 Å². The molecule has 0 amide bonds. The lowest BCUT2D eigenvalue weighted by molar-refractivity contribution is -0.144. The maximum atomic E-state index is 10.9. The second kappa shape index (κ2) is 8.36. The predicted octanol–water partition coefficient (Wildman–Crippen LogP) is 4.37. The monoisotopic (exact) mass is 401 g/mol. The summed E-state index contributed by atoms with van der Waals surface area (Å²) in [6, 6.07) is 14.7. The second-order valence-corrected chi connectivity index (χ2v) is 6.10. The highest BCUT2D eigenvalue weighted by Crippen LogP contribution is 2.31. The smallest absolute Gasteiger partial charge is 0.344 e. The second-order valence-electron chi connectivity index (χ2n) is 5.19. The summed E-state index contributed by atoms with van der Waals surface area (Å²) in [6.07, 6.45) is 0.737. The molecule has 0 heterocycles. The molecule has 6 heteroatoms. The topological polar surface area (TPSA) is 79.5 Å². The zero-order valence-corrected chi connectivity index (χ0v) is 15.3. The van der Waals surface area contributed by atoms with Crippen LogP contribution in [0.3, 0.4) is 0 Å². The third-order valence-corrected chi connectivity index (χ3v) is 3.90. The van der Waals surface area contributed by atoms with Crippen LogP contribution in [0.15, 0.2) is 46.9 Å². The van der Waals surface area contributed by atoms with Crippen LogP contribution in [-0.4, -0.2) is 24.3 Å². The highest BCUT2D eigenvalue weighted by molar-refractivity contribution is 9.10. The maximum Gasteiger partial charge on any atom is 0.344 e. The molecule has 0 unspecified atom stereocenters.